The average molecular weight is 338 g/mol. The van der Waals surface area contributed by atoms with Gasteiger partial charge in [-0.3, -0.25) is 4.79 Å². The average Bonchev–Trinajstić information content (AvgIpc) is 2.38. The van der Waals surface area contributed by atoms with Crippen LogP contribution in [0.2, 0.25) is 0 Å². The molecule has 0 aliphatic heterocycles. The molecule has 1 N–H and O–H groups in total. The van der Waals surface area contributed by atoms with Crippen LogP contribution >= 0.6 is 10.7 Å². The number of methoxy groups -OCH3 is 1. The van der Waals surface area contributed by atoms with Gasteiger partial charge in [0.25, 0.3) is 15.0 Å². The molecular weight excluding hydrogens is 321 g/mol. The molecule has 1 unspecified atom stereocenters. The van der Waals surface area contributed by atoms with E-state index >= 15 is 0 Å². The van der Waals surface area contributed by atoms with Crippen LogP contribution in [-0.2, 0) is 13.8 Å². The molecule has 0 saturated carbocycles. The third-order valence-corrected chi connectivity index (χ3v) is 4.16. The van der Waals surface area contributed by atoms with Crippen LogP contribution in [0, 0.1) is 5.82 Å². The van der Waals surface area contributed by atoms with Gasteiger partial charge in [-0.05, 0) is 24.6 Å². The van der Waals surface area contributed by atoms with Crippen LogP contribution in [0.25, 0.3) is 0 Å². The summed E-state index contributed by atoms with van der Waals surface area (Å²) >= 11 is 0. The van der Waals surface area contributed by atoms with Gasteiger partial charge in [0.05, 0.1) is 23.1 Å². The van der Waals surface area contributed by atoms with Crippen LogP contribution in [0.5, 0.6) is 0 Å². The molecule has 0 aromatic heterocycles. The molecule has 0 aliphatic rings. The highest BCUT2D eigenvalue weighted by Crippen LogP contribution is 2.19. The Morgan fingerprint density at radius 1 is 1.48 bits per heavy atom. The first kappa shape index (κ1) is 17.9. The lowest BCUT2D eigenvalue weighted by atomic mass is 10.1. The van der Waals surface area contributed by atoms with Crippen molar-refractivity contribution in [1.82, 2.24) is 5.32 Å². The lowest BCUT2D eigenvalue weighted by Gasteiger charge is -2.17. The van der Waals surface area contributed by atoms with Gasteiger partial charge in [-0.15, -0.1) is 0 Å². The molecule has 0 heterocycles. The lowest BCUT2D eigenvalue weighted by molar-refractivity contribution is 0.0887. The quantitative estimate of drug-likeness (QED) is 0.775. The van der Waals surface area contributed by atoms with Crippen molar-refractivity contribution < 1.29 is 22.3 Å². The number of nitrogens with one attached hydrogen (secondary N) is 1. The van der Waals surface area contributed by atoms with Crippen LogP contribution in [0.4, 0.5) is 4.39 Å². The van der Waals surface area contributed by atoms with E-state index in [0.717, 1.165) is 24.6 Å². The predicted octanol–water partition coefficient (Wildman–Crippen LogP) is 2.30. The Morgan fingerprint density at radius 3 is 2.67 bits per heavy atom. The number of hydrogen-bond acceptors (Lipinski definition) is 4. The summed E-state index contributed by atoms with van der Waals surface area (Å²) in [6, 6.07) is 2.55. The van der Waals surface area contributed by atoms with E-state index in [1.807, 2.05) is 6.92 Å². The number of rotatable bonds is 7. The maximum atomic E-state index is 13.7. The molecule has 1 rings (SSSR count). The molecule has 0 radical (unpaired) electrons. The van der Waals surface area contributed by atoms with Crippen molar-refractivity contribution in [3.63, 3.8) is 0 Å². The summed E-state index contributed by atoms with van der Waals surface area (Å²) in [7, 11) is 2.66. The van der Waals surface area contributed by atoms with E-state index in [-0.39, 0.29) is 23.1 Å². The number of carbonyl (C=O) groups excluding carboxylic acids is 1. The second-order valence-corrected chi connectivity index (χ2v) is 7.06. The molecule has 0 fully saturated rings. The summed E-state index contributed by atoms with van der Waals surface area (Å²) in [5.74, 6) is -1.52. The van der Waals surface area contributed by atoms with Gasteiger partial charge in [0.1, 0.15) is 5.82 Å². The molecule has 0 saturated heterocycles. The van der Waals surface area contributed by atoms with Gasteiger partial charge in [0.15, 0.2) is 0 Å². The summed E-state index contributed by atoms with van der Waals surface area (Å²) in [5, 5.41) is 2.61. The molecule has 1 aromatic rings. The van der Waals surface area contributed by atoms with E-state index in [2.05, 4.69) is 5.32 Å². The number of carbonyl (C=O) groups is 1. The third-order valence-electron chi connectivity index (χ3n) is 2.80. The van der Waals surface area contributed by atoms with Gasteiger partial charge in [-0.1, -0.05) is 13.3 Å². The molecule has 0 spiro atoms. The van der Waals surface area contributed by atoms with E-state index < -0.39 is 20.8 Å². The highest BCUT2D eigenvalue weighted by molar-refractivity contribution is 8.13. The SMILES string of the molecule is CCCC(COC)NC(=O)c1cc(S(=O)(=O)Cl)ccc1F. The fourth-order valence-corrected chi connectivity index (χ4v) is 2.62. The standard InChI is InChI=1S/C13H17ClFNO4S/c1-3-4-9(8-20-2)16-13(17)11-7-10(21(14,18)19)5-6-12(11)15/h5-7,9H,3-4,8H2,1-2H3,(H,16,17). The summed E-state index contributed by atoms with van der Waals surface area (Å²) in [4.78, 5) is 11.7. The first-order chi connectivity index (χ1) is 9.79. The zero-order chi connectivity index (χ0) is 16.0. The number of amides is 1. The Bertz CT molecular complexity index is 600. The van der Waals surface area contributed by atoms with Crippen molar-refractivity contribution in [3.05, 3.63) is 29.6 Å². The van der Waals surface area contributed by atoms with Gasteiger partial charge >= 0.3 is 0 Å². The smallest absolute Gasteiger partial charge is 0.261 e. The van der Waals surface area contributed by atoms with Crippen molar-refractivity contribution in [2.24, 2.45) is 0 Å². The van der Waals surface area contributed by atoms with Gasteiger partial charge in [-0.25, -0.2) is 12.8 Å². The van der Waals surface area contributed by atoms with E-state index in [1.165, 1.54) is 7.11 Å². The number of benzene rings is 1. The van der Waals surface area contributed by atoms with Crippen LogP contribution in [0.15, 0.2) is 23.1 Å². The monoisotopic (exact) mass is 337 g/mol. The summed E-state index contributed by atoms with van der Waals surface area (Å²) in [6.45, 7) is 2.23. The molecule has 1 amide bonds. The van der Waals surface area contributed by atoms with Crippen molar-refractivity contribution in [3.8, 4) is 0 Å². The minimum Gasteiger partial charge on any atom is -0.383 e. The van der Waals surface area contributed by atoms with Crippen molar-refractivity contribution in [1.29, 1.82) is 0 Å². The number of ether oxygens (including phenoxy) is 1. The molecule has 8 heteroatoms. The van der Waals surface area contributed by atoms with Crippen LogP contribution in [0.3, 0.4) is 0 Å². The molecule has 21 heavy (non-hydrogen) atoms. The third kappa shape index (κ3) is 5.26. The van der Waals surface area contributed by atoms with Gasteiger partial charge < -0.3 is 10.1 Å². The first-order valence-electron chi connectivity index (χ1n) is 6.33. The zero-order valence-electron chi connectivity index (χ0n) is 11.7. The van der Waals surface area contributed by atoms with Crippen LogP contribution in [-0.4, -0.2) is 34.1 Å². The van der Waals surface area contributed by atoms with E-state index in [4.69, 9.17) is 15.4 Å². The maximum absolute atomic E-state index is 13.7. The molecule has 1 atom stereocenters. The Labute approximate surface area is 127 Å². The lowest BCUT2D eigenvalue weighted by Crippen LogP contribution is -2.38. The van der Waals surface area contributed by atoms with E-state index in [0.29, 0.717) is 6.42 Å². The van der Waals surface area contributed by atoms with Crippen molar-refractivity contribution >= 4 is 25.6 Å². The minimum absolute atomic E-state index is 0.275. The zero-order valence-corrected chi connectivity index (χ0v) is 13.3. The Kier molecular flexibility index (Phi) is 6.57. The predicted molar refractivity (Wildman–Crippen MR) is 77.5 cm³/mol. The van der Waals surface area contributed by atoms with Crippen molar-refractivity contribution in [2.75, 3.05) is 13.7 Å². The summed E-state index contributed by atoms with van der Waals surface area (Å²) < 4.78 is 41.2. The topological polar surface area (TPSA) is 72.5 Å². The van der Waals surface area contributed by atoms with Crippen LogP contribution < -0.4 is 5.32 Å². The Morgan fingerprint density at radius 2 is 2.14 bits per heavy atom. The maximum Gasteiger partial charge on any atom is 0.261 e. The summed E-state index contributed by atoms with van der Waals surface area (Å²) in [6.07, 6.45) is 1.47. The molecule has 0 aliphatic carbocycles. The molecule has 0 bridgehead atoms. The molecule has 1 aromatic carbocycles. The van der Waals surface area contributed by atoms with Gasteiger partial charge in [0.2, 0.25) is 0 Å². The van der Waals surface area contributed by atoms with Crippen molar-refractivity contribution in [2.45, 2.75) is 30.7 Å². The second-order valence-electron chi connectivity index (χ2n) is 4.49. The highest BCUT2D eigenvalue weighted by Gasteiger charge is 2.20. The Balaban J connectivity index is 3.01. The fraction of sp³-hybridized carbons (Fsp3) is 0.462. The minimum atomic E-state index is -4.02. The first-order valence-corrected chi connectivity index (χ1v) is 8.64. The van der Waals surface area contributed by atoms with Gasteiger partial charge in [-0.2, -0.15) is 0 Å². The summed E-state index contributed by atoms with van der Waals surface area (Å²) in [5.41, 5.74) is -0.367. The van der Waals surface area contributed by atoms with E-state index in [1.54, 1.807) is 0 Å². The fourth-order valence-electron chi connectivity index (χ4n) is 1.84. The Hall–Kier alpha value is -1.18. The van der Waals surface area contributed by atoms with E-state index in [9.17, 15) is 17.6 Å². The largest absolute Gasteiger partial charge is 0.383 e. The normalized spacial score (nSPS) is 13.0. The number of halogens is 2. The molecule has 5 nitrogen and oxygen atoms in total. The molecule has 118 valence electrons. The van der Waals surface area contributed by atoms with Gasteiger partial charge in [0, 0.05) is 17.8 Å². The van der Waals surface area contributed by atoms with Crippen LogP contribution in [0.1, 0.15) is 30.1 Å². The number of hydrogen-bond donors (Lipinski definition) is 1. The highest BCUT2D eigenvalue weighted by atomic mass is 35.7. The second kappa shape index (κ2) is 7.72. The molecular formula is C13H17ClFNO4S.